The van der Waals surface area contributed by atoms with Crippen molar-refractivity contribution in [1.29, 1.82) is 0 Å². The number of carbonyl (C=O) groups is 1. The van der Waals surface area contributed by atoms with Gasteiger partial charge >= 0.3 is 0 Å². The van der Waals surface area contributed by atoms with Crippen LogP contribution in [-0.2, 0) is 20.6 Å². The topological polar surface area (TPSA) is 75.7 Å². The number of amides is 1. The third-order valence-corrected chi connectivity index (χ3v) is 7.70. The lowest BCUT2D eigenvalue weighted by Gasteiger charge is -2.31. The molecule has 3 rings (SSSR count). The minimum atomic E-state index is -3.51. The lowest BCUT2D eigenvalue weighted by atomic mass is 9.99. The van der Waals surface area contributed by atoms with Gasteiger partial charge in [-0.25, -0.2) is 12.7 Å². The zero-order valence-corrected chi connectivity index (χ0v) is 19.6. The fourth-order valence-corrected chi connectivity index (χ4v) is 5.35. The molecule has 1 aliphatic heterocycles. The molecule has 0 aliphatic carbocycles. The molecule has 2 aromatic rings. The van der Waals surface area contributed by atoms with Gasteiger partial charge in [0.2, 0.25) is 15.9 Å². The van der Waals surface area contributed by atoms with Crippen LogP contribution in [0, 0.1) is 12.8 Å². The predicted molar refractivity (Wildman–Crippen MR) is 123 cm³/mol. The number of halogens is 2. The second-order valence-electron chi connectivity index (χ2n) is 7.63. The highest BCUT2D eigenvalue weighted by Crippen LogP contribution is 2.23. The average molecular weight is 485 g/mol. The van der Waals surface area contributed by atoms with Crippen molar-refractivity contribution in [3.63, 3.8) is 0 Å². The summed E-state index contributed by atoms with van der Waals surface area (Å²) in [6.45, 7) is 3.16. The van der Waals surface area contributed by atoms with Crippen molar-refractivity contribution in [2.45, 2.75) is 25.5 Å². The molecule has 1 saturated heterocycles. The van der Waals surface area contributed by atoms with Gasteiger partial charge in [-0.05, 0) is 55.2 Å². The van der Waals surface area contributed by atoms with Crippen LogP contribution in [0.5, 0.6) is 5.75 Å². The SMILES string of the molecule is Cc1ccc(OCCNC(=O)[C@@H]2CCCN(S(=O)(=O)Cc3ccc(Cl)cc3)C2)cc1Cl. The highest BCUT2D eigenvalue weighted by molar-refractivity contribution is 7.88. The van der Waals surface area contributed by atoms with E-state index >= 15 is 0 Å². The summed E-state index contributed by atoms with van der Waals surface area (Å²) in [7, 11) is -3.51. The first-order chi connectivity index (χ1) is 14.7. The fraction of sp³-hybridized carbons (Fsp3) is 0.409. The van der Waals surface area contributed by atoms with Gasteiger partial charge in [0.15, 0.2) is 0 Å². The molecule has 1 N–H and O–H groups in total. The number of nitrogens with zero attached hydrogens (tertiary/aromatic N) is 1. The maximum atomic E-state index is 12.8. The third-order valence-electron chi connectivity index (χ3n) is 5.22. The Kier molecular flexibility index (Phi) is 8.22. The summed E-state index contributed by atoms with van der Waals surface area (Å²) < 4.78 is 32.6. The quantitative estimate of drug-likeness (QED) is 0.573. The highest BCUT2D eigenvalue weighted by Gasteiger charge is 2.32. The van der Waals surface area contributed by atoms with E-state index in [4.69, 9.17) is 27.9 Å². The number of hydrogen-bond acceptors (Lipinski definition) is 4. The fourth-order valence-electron chi connectivity index (χ4n) is 3.44. The molecule has 6 nitrogen and oxygen atoms in total. The molecule has 1 atom stereocenters. The first-order valence-corrected chi connectivity index (χ1v) is 12.5. The molecule has 0 bridgehead atoms. The van der Waals surface area contributed by atoms with Crippen molar-refractivity contribution in [3.05, 3.63) is 63.6 Å². The van der Waals surface area contributed by atoms with E-state index in [9.17, 15) is 13.2 Å². The molecule has 0 aromatic heterocycles. The number of hydrogen-bond donors (Lipinski definition) is 1. The van der Waals surface area contributed by atoms with Gasteiger partial charge in [0.05, 0.1) is 18.2 Å². The summed E-state index contributed by atoms with van der Waals surface area (Å²) >= 11 is 11.9. The first-order valence-electron chi connectivity index (χ1n) is 10.1. The number of aryl methyl sites for hydroxylation is 1. The molecular weight excluding hydrogens is 459 g/mol. The van der Waals surface area contributed by atoms with Crippen molar-refractivity contribution < 1.29 is 17.9 Å². The molecule has 2 aromatic carbocycles. The van der Waals surface area contributed by atoms with Crippen LogP contribution < -0.4 is 10.1 Å². The Labute approximate surface area is 193 Å². The van der Waals surface area contributed by atoms with Crippen LogP contribution in [0.1, 0.15) is 24.0 Å². The zero-order valence-electron chi connectivity index (χ0n) is 17.3. The molecule has 1 amide bonds. The van der Waals surface area contributed by atoms with Crippen LogP contribution in [0.25, 0.3) is 0 Å². The molecule has 0 spiro atoms. The van der Waals surface area contributed by atoms with Gasteiger partial charge < -0.3 is 10.1 Å². The Bertz CT molecular complexity index is 1010. The minimum Gasteiger partial charge on any atom is -0.492 e. The largest absolute Gasteiger partial charge is 0.492 e. The number of rotatable bonds is 8. The molecule has 1 aliphatic rings. The van der Waals surface area contributed by atoms with E-state index < -0.39 is 10.0 Å². The highest BCUT2D eigenvalue weighted by atomic mass is 35.5. The van der Waals surface area contributed by atoms with Crippen molar-refractivity contribution in [2.24, 2.45) is 5.92 Å². The van der Waals surface area contributed by atoms with Crippen LogP contribution in [0.4, 0.5) is 0 Å². The number of nitrogens with one attached hydrogen (secondary N) is 1. The van der Waals surface area contributed by atoms with Crippen LogP contribution in [0.2, 0.25) is 10.0 Å². The van der Waals surface area contributed by atoms with Crippen LogP contribution in [0.3, 0.4) is 0 Å². The third kappa shape index (κ3) is 6.84. The van der Waals surface area contributed by atoms with Crippen LogP contribution in [0.15, 0.2) is 42.5 Å². The minimum absolute atomic E-state index is 0.106. The second-order valence-corrected chi connectivity index (χ2v) is 10.4. The summed E-state index contributed by atoms with van der Waals surface area (Å²) in [4.78, 5) is 12.6. The second kappa shape index (κ2) is 10.7. The lowest BCUT2D eigenvalue weighted by Crippen LogP contribution is -2.46. The van der Waals surface area contributed by atoms with Gasteiger partial charge in [-0.15, -0.1) is 0 Å². The van der Waals surface area contributed by atoms with Gasteiger partial charge in [0, 0.05) is 23.1 Å². The first kappa shape index (κ1) is 23.9. The number of piperidine rings is 1. The Morgan fingerprint density at radius 1 is 1.19 bits per heavy atom. The summed E-state index contributed by atoms with van der Waals surface area (Å²) in [5.41, 5.74) is 1.64. The van der Waals surface area contributed by atoms with Crippen molar-refractivity contribution in [2.75, 3.05) is 26.2 Å². The molecule has 9 heteroatoms. The van der Waals surface area contributed by atoms with E-state index in [1.165, 1.54) is 4.31 Å². The summed E-state index contributed by atoms with van der Waals surface area (Å²) in [6.07, 6.45) is 1.31. The van der Waals surface area contributed by atoms with E-state index in [0.29, 0.717) is 53.9 Å². The molecule has 168 valence electrons. The predicted octanol–water partition coefficient (Wildman–Crippen LogP) is 4.04. The smallest absolute Gasteiger partial charge is 0.224 e. The van der Waals surface area contributed by atoms with E-state index in [2.05, 4.69) is 5.32 Å². The molecule has 1 heterocycles. The normalized spacial score (nSPS) is 17.3. The molecule has 31 heavy (non-hydrogen) atoms. The Morgan fingerprint density at radius 3 is 2.65 bits per heavy atom. The summed E-state index contributed by atoms with van der Waals surface area (Å²) in [6, 6.07) is 12.2. The van der Waals surface area contributed by atoms with Crippen LogP contribution in [-0.4, -0.2) is 44.9 Å². The monoisotopic (exact) mass is 484 g/mol. The zero-order chi connectivity index (χ0) is 22.4. The standard InChI is InChI=1S/C22H26Cl2N2O4S/c1-16-4-9-20(13-21(16)24)30-12-10-25-22(27)18-3-2-11-26(14-18)31(28,29)15-17-5-7-19(23)8-6-17/h4-9,13,18H,2-3,10-12,14-15H2,1H3,(H,25,27)/t18-/m1/s1. The molecule has 0 radical (unpaired) electrons. The number of carbonyl (C=O) groups excluding carboxylic acids is 1. The van der Waals surface area contributed by atoms with E-state index in [1.54, 1.807) is 30.3 Å². The molecular formula is C22H26Cl2N2O4S. The molecule has 1 fully saturated rings. The Hall–Kier alpha value is -1.80. The van der Waals surface area contributed by atoms with Gasteiger partial charge in [0.25, 0.3) is 0 Å². The van der Waals surface area contributed by atoms with E-state index in [-0.39, 0.29) is 24.1 Å². The van der Waals surface area contributed by atoms with Gasteiger partial charge in [-0.2, -0.15) is 0 Å². The Morgan fingerprint density at radius 2 is 1.94 bits per heavy atom. The maximum absolute atomic E-state index is 12.8. The van der Waals surface area contributed by atoms with Gasteiger partial charge in [0.1, 0.15) is 12.4 Å². The van der Waals surface area contributed by atoms with E-state index in [1.807, 2.05) is 19.1 Å². The van der Waals surface area contributed by atoms with Crippen molar-refractivity contribution in [1.82, 2.24) is 9.62 Å². The lowest BCUT2D eigenvalue weighted by molar-refractivity contribution is -0.126. The summed E-state index contributed by atoms with van der Waals surface area (Å²) in [5.74, 6) is 0.00678. The average Bonchev–Trinajstić information content (AvgIpc) is 2.75. The van der Waals surface area contributed by atoms with Crippen molar-refractivity contribution in [3.8, 4) is 5.75 Å². The molecule has 0 unspecified atom stereocenters. The summed E-state index contributed by atoms with van der Waals surface area (Å²) in [5, 5.41) is 4.03. The van der Waals surface area contributed by atoms with E-state index in [0.717, 1.165) is 5.56 Å². The maximum Gasteiger partial charge on any atom is 0.224 e. The van der Waals surface area contributed by atoms with Gasteiger partial charge in [-0.3, -0.25) is 4.79 Å². The van der Waals surface area contributed by atoms with Crippen LogP contribution >= 0.6 is 23.2 Å². The molecule has 0 saturated carbocycles. The van der Waals surface area contributed by atoms with Crippen molar-refractivity contribution >= 4 is 39.1 Å². The Balaban J connectivity index is 1.48. The number of sulfonamides is 1. The van der Waals surface area contributed by atoms with Gasteiger partial charge in [-0.1, -0.05) is 41.4 Å². The number of benzene rings is 2. The number of ether oxygens (including phenoxy) is 1.